The lowest BCUT2D eigenvalue weighted by atomic mass is 10.1. The van der Waals surface area contributed by atoms with Crippen molar-refractivity contribution in [1.82, 2.24) is 4.98 Å². The lowest BCUT2D eigenvalue weighted by Crippen LogP contribution is -2.15. The van der Waals surface area contributed by atoms with Crippen LogP contribution in [0.25, 0.3) is 17.0 Å². The lowest BCUT2D eigenvalue weighted by molar-refractivity contribution is -0.143. The summed E-state index contributed by atoms with van der Waals surface area (Å²) in [5, 5.41) is 0.974. The molecule has 0 fully saturated rings. The van der Waals surface area contributed by atoms with E-state index in [1.807, 2.05) is 30.3 Å². The molecule has 20 heavy (non-hydrogen) atoms. The summed E-state index contributed by atoms with van der Waals surface area (Å²) in [6, 6.07) is 11.1. The van der Waals surface area contributed by atoms with Crippen molar-refractivity contribution in [2.75, 3.05) is 14.2 Å². The number of fused-ring (bicyclic) bond motifs is 1. The SMILES string of the molecule is COC(=O)C(=Cc1ccc2ccccc2n1)C(=O)OC. The van der Waals surface area contributed by atoms with Crippen molar-refractivity contribution in [2.24, 2.45) is 0 Å². The third-order valence-corrected chi connectivity index (χ3v) is 2.72. The van der Waals surface area contributed by atoms with Crippen molar-refractivity contribution in [1.29, 1.82) is 0 Å². The standard InChI is InChI=1S/C15H13NO4/c1-19-14(17)12(15(18)20-2)9-11-8-7-10-5-3-4-6-13(10)16-11/h3-9H,1-2H3. The minimum absolute atomic E-state index is 0.196. The van der Waals surface area contributed by atoms with Crippen molar-refractivity contribution < 1.29 is 19.1 Å². The molecule has 0 aliphatic rings. The van der Waals surface area contributed by atoms with Gasteiger partial charge in [0, 0.05) is 5.39 Å². The number of para-hydroxylation sites is 1. The van der Waals surface area contributed by atoms with Crippen molar-refractivity contribution in [2.45, 2.75) is 0 Å². The fourth-order valence-corrected chi connectivity index (χ4v) is 1.73. The molecule has 2 aromatic rings. The molecular formula is C15H13NO4. The Morgan fingerprint density at radius 1 is 1.00 bits per heavy atom. The number of nitrogens with zero attached hydrogens (tertiary/aromatic N) is 1. The summed E-state index contributed by atoms with van der Waals surface area (Å²) in [5.41, 5.74) is 1.06. The highest BCUT2D eigenvalue weighted by atomic mass is 16.5. The number of benzene rings is 1. The predicted molar refractivity (Wildman–Crippen MR) is 73.8 cm³/mol. The molecule has 5 heteroatoms. The van der Waals surface area contributed by atoms with E-state index in [0.29, 0.717) is 5.69 Å². The Balaban J connectivity index is 2.47. The summed E-state index contributed by atoms with van der Waals surface area (Å²) >= 11 is 0. The second-order valence-electron chi connectivity index (χ2n) is 3.97. The number of esters is 2. The number of hydrogen-bond donors (Lipinski definition) is 0. The molecule has 0 saturated heterocycles. The number of carbonyl (C=O) groups is 2. The normalized spacial score (nSPS) is 9.90. The van der Waals surface area contributed by atoms with Gasteiger partial charge in [0.2, 0.25) is 0 Å². The molecule has 0 radical (unpaired) electrons. The first-order valence-electron chi connectivity index (χ1n) is 5.90. The lowest BCUT2D eigenvalue weighted by Gasteiger charge is -2.04. The number of aromatic nitrogens is 1. The van der Waals surface area contributed by atoms with Crippen molar-refractivity contribution in [3.63, 3.8) is 0 Å². The molecule has 2 rings (SSSR count). The summed E-state index contributed by atoms with van der Waals surface area (Å²) in [7, 11) is 2.40. The summed E-state index contributed by atoms with van der Waals surface area (Å²) in [6.07, 6.45) is 1.35. The second-order valence-corrected chi connectivity index (χ2v) is 3.97. The highest BCUT2D eigenvalue weighted by Gasteiger charge is 2.19. The van der Waals surface area contributed by atoms with Gasteiger partial charge in [-0.15, -0.1) is 0 Å². The molecule has 0 aliphatic heterocycles. The molecule has 5 nitrogen and oxygen atoms in total. The Morgan fingerprint density at radius 2 is 1.65 bits per heavy atom. The molecule has 0 N–H and O–H groups in total. The third-order valence-electron chi connectivity index (χ3n) is 2.72. The van der Waals surface area contributed by atoms with Gasteiger partial charge in [-0.25, -0.2) is 14.6 Å². The van der Waals surface area contributed by atoms with E-state index >= 15 is 0 Å². The molecule has 0 aliphatic carbocycles. The van der Waals surface area contributed by atoms with Crippen LogP contribution in [0.5, 0.6) is 0 Å². The van der Waals surface area contributed by atoms with Gasteiger partial charge in [0.25, 0.3) is 0 Å². The van der Waals surface area contributed by atoms with E-state index in [0.717, 1.165) is 10.9 Å². The van der Waals surface area contributed by atoms with E-state index in [2.05, 4.69) is 14.5 Å². The van der Waals surface area contributed by atoms with Crippen LogP contribution in [0.1, 0.15) is 5.69 Å². The predicted octanol–water partition coefficient (Wildman–Crippen LogP) is 1.96. The molecular weight excluding hydrogens is 258 g/mol. The molecule has 102 valence electrons. The smallest absolute Gasteiger partial charge is 0.345 e. The van der Waals surface area contributed by atoms with Gasteiger partial charge in [-0.2, -0.15) is 0 Å². The molecule has 0 atom stereocenters. The Bertz CT molecular complexity index is 673. The summed E-state index contributed by atoms with van der Waals surface area (Å²) < 4.78 is 9.12. The first-order valence-corrected chi connectivity index (χ1v) is 5.90. The van der Waals surface area contributed by atoms with Gasteiger partial charge in [0.15, 0.2) is 0 Å². The van der Waals surface area contributed by atoms with E-state index in [9.17, 15) is 9.59 Å². The number of pyridine rings is 1. The van der Waals surface area contributed by atoms with Gasteiger partial charge < -0.3 is 9.47 Å². The Hall–Kier alpha value is -2.69. The molecule has 1 aromatic carbocycles. The van der Waals surface area contributed by atoms with Crippen LogP contribution in [-0.4, -0.2) is 31.1 Å². The van der Waals surface area contributed by atoms with Crippen LogP contribution in [0.4, 0.5) is 0 Å². The molecule has 0 unspecified atom stereocenters. The maximum atomic E-state index is 11.6. The molecule has 1 aromatic heterocycles. The van der Waals surface area contributed by atoms with E-state index in [1.54, 1.807) is 6.07 Å². The third kappa shape index (κ3) is 2.83. The van der Waals surface area contributed by atoms with Crippen LogP contribution < -0.4 is 0 Å². The van der Waals surface area contributed by atoms with E-state index in [4.69, 9.17) is 0 Å². The van der Waals surface area contributed by atoms with Crippen molar-refractivity contribution in [3.8, 4) is 0 Å². The maximum Gasteiger partial charge on any atom is 0.345 e. The van der Waals surface area contributed by atoms with Crippen LogP contribution in [0, 0.1) is 0 Å². The number of ether oxygens (including phenoxy) is 2. The number of hydrogen-bond acceptors (Lipinski definition) is 5. The topological polar surface area (TPSA) is 65.5 Å². The molecule has 1 heterocycles. The largest absolute Gasteiger partial charge is 0.465 e. The second kappa shape index (κ2) is 5.97. The molecule has 0 bridgehead atoms. The van der Waals surface area contributed by atoms with Gasteiger partial charge in [-0.05, 0) is 18.2 Å². The number of methoxy groups -OCH3 is 2. The van der Waals surface area contributed by atoms with Crippen LogP contribution in [0.2, 0.25) is 0 Å². The Kier molecular flexibility index (Phi) is 4.10. The zero-order valence-corrected chi connectivity index (χ0v) is 11.1. The fraction of sp³-hybridized carbons (Fsp3) is 0.133. The van der Waals surface area contributed by atoms with Crippen LogP contribution in [-0.2, 0) is 19.1 Å². The van der Waals surface area contributed by atoms with Crippen LogP contribution in [0.15, 0.2) is 42.0 Å². The van der Waals surface area contributed by atoms with Crippen LogP contribution in [0.3, 0.4) is 0 Å². The van der Waals surface area contributed by atoms with Gasteiger partial charge in [-0.3, -0.25) is 0 Å². The van der Waals surface area contributed by atoms with Gasteiger partial charge in [-0.1, -0.05) is 24.3 Å². The minimum Gasteiger partial charge on any atom is -0.465 e. The zero-order valence-electron chi connectivity index (χ0n) is 11.1. The first kappa shape index (κ1) is 13.7. The maximum absolute atomic E-state index is 11.6. The minimum atomic E-state index is -0.758. The summed E-state index contributed by atoms with van der Waals surface area (Å²) in [6.45, 7) is 0. The zero-order chi connectivity index (χ0) is 14.5. The summed E-state index contributed by atoms with van der Waals surface area (Å²) in [4.78, 5) is 27.5. The fourth-order valence-electron chi connectivity index (χ4n) is 1.73. The summed E-state index contributed by atoms with van der Waals surface area (Å²) in [5.74, 6) is -1.52. The molecule has 0 spiro atoms. The quantitative estimate of drug-likeness (QED) is 0.369. The highest BCUT2D eigenvalue weighted by Crippen LogP contribution is 2.14. The van der Waals surface area contributed by atoms with Gasteiger partial charge >= 0.3 is 11.9 Å². The number of carbonyl (C=O) groups excluding carboxylic acids is 2. The molecule has 0 amide bonds. The van der Waals surface area contributed by atoms with Crippen molar-refractivity contribution >= 4 is 28.9 Å². The molecule has 0 saturated carbocycles. The van der Waals surface area contributed by atoms with E-state index in [1.165, 1.54) is 20.3 Å². The van der Waals surface area contributed by atoms with Crippen molar-refractivity contribution in [3.05, 3.63) is 47.7 Å². The van der Waals surface area contributed by atoms with Gasteiger partial charge in [0.1, 0.15) is 5.57 Å². The average Bonchev–Trinajstić information content (AvgIpc) is 2.51. The average molecular weight is 271 g/mol. The van der Waals surface area contributed by atoms with Gasteiger partial charge in [0.05, 0.1) is 25.4 Å². The van der Waals surface area contributed by atoms with E-state index < -0.39 is 11.9 Å². The Labute approximate surface area is 115 Å². The highest BCUT2D eigenvalue weighted by molar-refractivity contribution is 6.17. The number of rotatable bonds is 3. The first-order chi connectivity index (χ1) is 9.65. The van der Waals surface area contributed by atoms with Crippen LogP contribution >= 0.6 is 0 Å². The Morgan fingerprint density at radius 3 is 2.30 bits per heavy atom. The van der Waals surface area contributed by atoms with E-state index in [-0.39, 0.29) is 5.57 Å². The monoisotopic (exact) mass is 271 g/mol.